The Morgan fingerprint density at radius 3 is 2.56 bits per heavy atom. The maximum atomic E-state index is 14.1. The van der Waals surface area contributed by atoms with E-state index in [4.69, 9.17) is 8.92 Å². The molecule has 2 aromatic carbocycles. The standard InChI is InChI=1S/C18H20FNO4S/c1-13-3-6-16(7-4-13)25(21,22)24-15-9-10-20(12-15)18-11-14(23-2)5-8-17(18)19/h3-8,11,15H,9-10,12H2,1-2H3. The summed E-state index contributed by atoms with van der Waals surface area (Å²) in [4.78, 5) is 1.90. The minimum Gasteiger partial charge on any atom is -0.497 e. The minimum atomic E-state index is -3.83. The number of methoxy groups -OCH3 is 1. The summed E-state index contributed by atoms with van der Waals surface area (Å²) in [5, 5.41) is 0. The highest BCUT2D eigenvalue weighted by Crippen LogP contribution is 2.29. The topological polar surface area (TPSA) is 55.8 Å². The fourth-order valence-electron chi connectivity index (χ4n) is 2.83. The fraction of sp³-hybridized carbons (Fsp3) is 0.333. The van der Waals surface area contributed by atoms with E-state index in [1.165, 1.54) is 25.3 Å². The Morgan fingerprint density at radius 2 is 1.88 bits per heavy atom. The lowest BCUT2D eigenvalue weighted by molar-refractivity contribution is 0.232. The van der Waals surface area contributed by atoms with Crippen LogP contribution in [0.25, 0.3) is 0 Å². The van der Waals surface area contributed by atoms with Crippen molar-refractivity contribution in [3.63, 3.8) is 0 Å². The molecule has 1 unspecified atom stereocenters. The number of rotatable bonds is 5. The Morgan fingerprint density at radius 1 is 1.16 bits per heavy atom. The van der Waals surface area contributed by atoms with E-state index in [-0.39, 0.29) is 10.7 Å². The largest absolute Gasteiger partial charge is 0.497 e. The molecule has 1 atom stereocenters. The van der Waals surface area contributed by atoms with Crippen molar-refractivity contribution in [1.82, 2.24) is 0 Å². The summed E-state index contributed by atoms with van der Waals surface area (Å²) < 4.78 is 49.3. The molecule has 0 N–H and O–H groups in total. The van der Waals surface area contributed by atoms with E-state index in [0.717, 1.165) is 5.56 Å². The van der Waals surface area contributed by atoms with Crippen molar-refractivity contribution in [3.05, 3.63) is 53.8 Å². The maximum Gasteiger partial charge on any atom is 0.297 e. The molecule has 5 nitrogen and oxygen atoms in total. The summed E-state index contributed by atoms with van der Waals surface area (Å²) in [5.41, 5.74) is 1.36. The molecule has 2 aromatic rings. The van der Waals surface area contributed by atoms with Crippen LogP contribution in [0, 0.1) is 12.7 Å². The highest BCUT2D eigenvalue weighted by Gasteiger charge is 2.30. The van der Waals surface area contributed by atoms with Crippen molar-refractivity contribution in [2.24, 2.45) is 0 Å². The smallest absolute Gasteiger partial charge is 0.297 e. The van der Waals surface area contributed by atoms with Crippen LogP contribution in [0.15, 0.2) is 47.4 Å². The monoisotopic (exact) mass is 365 g/mol. The van der Waals surface area contributed by atoms with E-state index >= 15 is 0 Å². The van der Waals surface area contributed by atoms with Gasteiger partial charge in [-0.2, -0.15) is 8.42 Å². The average molecular weight is 365 g/mol. The predicted molar refractivity (Wildman–Crippen MR) is 93.0 cm³/mol. The molecule has 0 radical (unpaired) electrons. The van der Waals surface area contributed by atoms with Gasteiger partial charge in [0.25, 0.3) is 10.1 Å². The molecule has 1 aliphatic rings. The lowest BCUT2D eigenvalue weighted by Gasteiger charge is -2.20. The molecule has 25 heavy (non-hydrogen) atoms. The maximum absolute atomic E-state index is 14.1. The van der Waals surface area contributed by atoms with Crippen LogP contribution in [0.4, 0.5) is 10.1 Å². The summed E-state index contributed by atoms with van der Waals surface area (Å²) >= 11 is 0. The van der Waals surface area contributed by atoms with Gasteiger partial charge in [0.05, 0.1) is 23.8 Å². The van der Waals surface area contributed by atoms with E-state index in [1.807, 2.05) is 6.92 Å². The second kappa shape index (κ2) is 7.01. The van der Waals surface area contributed by atoms with Crippen LogP contribution in [0.1, 0.15) is 12.0 Å². The highest BCUT2D eigenvalue weighted by atomic mass is 32.2. The lowest BCUT2D eigenvalue weighted by atomic mass is 10.2. The van der Waals surface area contributed by atoms with Crippen LogP contribution in [0.3, 0.4) is 0 Å². The normalized spacial score (nSPS) is 17.7. The molecule has 1 aliphatic heterocycles. The number of hydrogen-bond acceptors (Lipinski definition) is 5. The molecule has 0 spiro atoms. The molecule has 1 heterocycles. The summed E-state index contributed by atoms with van der Waals surface area (Å²) in [6.07, 6.45) is -0.0150. The molecule has 0 saturated carbocycles. The quantitative estimate of drug-likeness (QED) is 0.762. The molecule has 0 aromatic heterocycles. The Hall–Kier alpha value is -2.12. The zero-order valence-corrected chi connectivity index (χ0v) is 14.9. The molecule has 7 heteroatoms. The van der Waals surface area contributed by atoms with Crippen molar-refractivity contribution in [2.75, 3.05) is 25.1 Å². The highest BCUT2D eigenvalue weighted by molar-refractivity contribution is 7.86. The molecule has 0 amide bonds. The van der Waals surface area contributed by atoms with E-state index in [9.17, 15) is 12.8 Å². The number of benzene rings is 2. The van der Waals surface area contributed by atoms with Gasteiger partial charge in [0, 0.05) is 19.2 Å². The zero-order valence-electron chi connectivity index (χ0n) is 14.1. The van der Waals surface area contributed by atoms with E-state index in [2.05, 4.69) is 0 Å². The molecule has 1 saturated heterocycles. The van der Waals surface area contributed by atoms with E-state index in [1.54, 1.807) is 29.2 Å². The van der Waals surface area contributed by atoms with Gasteiger partial charge < -0.3 is 9.64 Å². The number of ether oxygens (including phenoxy) is 1. The first kappa shape index (κ1) is 17.7. The summed E-state index contributed by atoms with van der Waals surface area (Å²) in [5.74, 6) is 0.177. The third kappa shape index (κ3) is 3.93. The lowest BCUT2D eigenvalue weighted by Crippen LogP contribution is -2.25. The Bertz CT molecular complexity index is 852. The van der Waals surface area contributed by atoms with Crippen LogP contribution in [-0.4, -0.2) is 34.7 Å². The molecular weight excluding hydrogens is 345 g/mol. The van der Waals surface area contributed by atoms with Crippen LogP contribution in [0.2, 0.25) is 0 Å². The van der Waals surface area contributed by atoms with Gasteiger partial charge in [-0.15, -0.1) is 0 Å². The van der Waals surface area contributed by atoms with Crippen LogP contribution in [-0.2, 0) is 14.3 Å². The molecule has 3 rings (SSSR count). The second-order valence-corrected chi connectivity index (χ2v) is 7.61. The first-order chi connectivity index (χ1) is 11.9. The average Bonchev–Trinajstić information content (AvgIpc) is 3.03. The first-order valence-electron chi connectivity index (χ1n) is 7.97. The van der Waals surface area contributed by atoms with Gasteiger partial charge in [-0.3, -0.25) is 4.18 Å². The third-order valence-electron chi connectivity index (χ3n) is 4.21. The van der Waals surface area contributed by atoms with E-state index in [0.29, 0.717) is 30.9 Å². The van der Waals surface area contributed by atoms with Gasteiger partial charge >= 0.3 is 0 Å². The predicted octanol–water partition coefficient (Wildman–Crippen LogP) is 3.13. The number of nitrogens with zero attached hydrogens (tertiary/aromatic N) is 1. The van der Waals surface area contributed by atoms with Crippen molar-refractivity contribution in [2.45, 2.75) is 24.3 Å². The van der Waals surface area contributed by atoms with E-state index < -0.39 is 16.2 Å². The molecule has 0 aliphatic carbocycles. The van der Waals surface area contributed by atoms with Gasteiger partial charge in [0.15, 0.2) is 0 Å². The van der Waals surface area contributed by atoms with Crippen molar-refractivity contribution in [1.29, 1.82) is 0 Å². The molecule has 0 bridgehead atoms. The van der Waals surface area contributed by atoms with Crippen molar-refractivity contribution in [3.8, 4) is 5.75 Å². The zero-order chi connectivity index (χ0) is 18.0. The Kier molecular flexibility index (Phi) is 4.96. The SMILES string of the molecule is COc1ccc(F)c(N2CCC(OS(=O)(=O)c3ccc(C)cc3)C2)c1. The number of halogens is 1. The van der Waals surface area contributed by atoms with Crippen molar-refractivity contribution < 1.29 is 21.7 Å². The van der Waals surface area contributed by atoms with Gasteiger partial charge in [0.1, 0.15) is 11.6 Å². The summed E-state index contributed by atoms with van der Waals surface area (Å²) in [6.45, 7) is 2.70. The number of anilines is 1. The molecule has 1 fully saturated rings. The summed E-state index contributed by atoms with van der Waals surface area (Å²) in [7, 11) is -2.32. The molecule has 134 valence electrons. The van der Waals surface area contributed by atoms with Crippen molar-refractivity contribution >= 4 is 15.8 Å². The Balaban J connectivity index is 1.72. The van der Waals surface area contributed by atoms with Gasteiger partial charge in [-0.25, -0.2) is 4.39 Å². The Labute approximate surface area is 147 Å². The third-order valence-corrected chi connectivity index (χ3v) is 5.59. The fourth-order valence-corrected chi connectivity index (χ4v) is 3.92. The van der Waals surface area contributed by atoms with Crippen LogP contribution >= 0.6 is 0 Å². The van der Waals surface area contributed by atoms with Gasteiger partial charge in [-0.1, -0.05) is 17.7 Å². The second-order valence-electron chi connectivity index (χ2n) is 6.04. The number of hydrogen-bond donors (Lipinski definition) is 0. The molecular formula is C18H20FNO4S. The van der Waals surface area contributed by atoms with Crippen LogP contribution < -0.4 is 9.64 Å². The van der Waals surface area contributed by atoms with Crippen LogP contribution in [0.5, 0.6) is 5.75 Å². The summed E-state index contributed by atoms with van der Waals surface area (Å²) in [6, 6.07) is 11.0. The minimum absolute atomic E-state index is 0.129. The van der Waals surface area contributed by atoms with Gasteiger partial charge in [-0.05, 0) is 37.6 Å². The van der Waals surface area contributed by atoms with Gasteiger partial charge in [0.2, 0.25) is 0 Å². The number of aryl methyl sites for hydroxylation is 1. The first-order valence-corrected chi connectivity index (χ1v) is 9.38.